The Morgan fingerprint density at radius 3 is 2.54 bits per heavy atom. The first-order valence-electron chi connectivity index (χ1n) is 13.5. The molecule has 2 unspecified atom stereocenters. The number of nitrogens with zero attached hydrogens (tertiary/aromatic N) is 1. The minimum Gasteiger partial charge on any atom is -0.492 e. The molecular formula is C31H34FNO7S. The maximum Gasteiger partial charge on any atom is 0.304 e. The molecule has 3 aromatic carbocycles. The van der Waals surface area contributed by atoms with E-state index >= 15 is 4.39 Å². The van der Waals surface area contributed by atoms with Crippen LogP contribution in [0.25, 0.3) is 11.1 Å². The topological polar surface area (TPSA) is 102 Å². The number of alkyl halides is 1. The maximum absolute atomic E-state index is 15.2. The van der Waals surface area contributed by atoms with Gasteiger partial charge in [0.25, 0.3) is 0 Å². The zero-order valence-corrected chi connectivity index (χ0v) is 24.2. The van der Waals surface area contributed by atoms with Crippen molar-refractivity contribution in [3.8, 4) is 28.4 Å². The number of carboxylic acid groups (broad SMARTS) is 1. The number of hydrogen-bond donors (Lipinski definition) is 1. The van der Waals surface area contributed by atoms with Crippen LogP contribution in [0.5, 0.6) is 17.2 Å². The van der Waals surface area contributed by atoms with Gasteiger partial charge in [-0.15, -0.1) is 0 Å². The van der Waals surface area contributed by atoms with Crippen molar-refractivity contribution < 1.29 is 36.9 Å². The Morgan fingerprint density at radius 1 is 1.10 bits per heavy atom. The van der Waals surface area contributed by atoms with Gasteiger partial charge in [-0.05, 0) is 72.4 Å². The minimum atomic E-state index is -3.43. The smallest absolute Gasteiger partial charge is 0.304 e. The molecule has 0 amide bonds. The first kappa shape index (κ1) is 28.9. The summed E-state index contributed by atoms with van der Waals surface area (Å²) in [4.78, 5) is 11.1. The summed E-state index contributed by atoms with van der Waals surface area (Å²) in [5.41, 5.74) is 4.16. The van der Waals surface area contributed by atoms with Gasteiger partial charge in [-0.1, -0.05) is 24.3 Å². The van der Waals surface area contributed by atoms with E-state index in [1.165, 1.54) is 0 Å². The lowest BCUT2D eigenvalue weighted by Gasteiger charge is -2.21. The molecule has 0 spiro atoms. The molecular weight excluding hydrogens is 549 g/mol. The van der Waals surface area contributed by atoms with Gasteiger partial charge in [-0.3, -0.25) is 4.79 Å². The van der Waals surface area contributed by atoms with Crippen LogP contribution >= 0.6 is 0 Å². The molecule has 1 saturated heterocycles. The number of carboxylic acids is 1. The Bertz CT molecular complexity index is 1550. The molecule has 0 aromatic heterocycles. The molecule has 1 N–H and O–H groups in total. The van der Waals surface area contributed by atoms with Gasteiger partial charge in [0.05, 0.1) is 25.8 Å². The summed E-state index contributed by atoms with van der Waals surface area (Å²) in [6, 6.07) is 17.3. The normalized spacial score (nSPS) is 20.4. The Morgan fingerprint density at radius 2 is 1.85 bits per heavy atom. The molecule has 8 nitrogen and oxygen atoms in total. The molecule has 3 aromatic rings. The number of sulfonamides is 1. The third-order valence-corrected chi connectivity index (χ3v) is 8.90. The molecule has 218 valence electrons. The maximum atomic E-state index is 15.2. The van der Waals surface area contributed by atoms with Crippen molar-refractivity contribution in [2.45, 2.75) is 44.9 Å². The number of ether oxygens (including phenoxy) is 3. The first-order chi connectivity index (χ1) is 19.4. The predicted molar refractivity (Wildman–Crippen MR) is 153 cm³/mol. The molecule has 5 rings (SSSR count). The van der Waals surface area contributed by atoms with Crippen molar-refractivity contribution in [3.05, 3.63) is 76.9 Å². The number of aliphatic carboxylic acids is 1. The molecule has 10 heteroatoms. The molecule has 0 radical (unpaired) electrons. The molecule has 0 aliphatic carbocycles. The highest BCUT2D eigenvalue weighted by Gasteiger charge is 2.42. The molecule has 1 fully saturated rings. The largest absolute Gasteiger partial charge is 0.492 e. The molecule has 0 saturated carbocycles. The number of hydrogen-bond acceptors (Lipinski definition) is 6. The molecule has 0 bridgehead atoms. The summed E-state index contributed by atoms with van der Waals surface area (Å²) in [7, 11) is -3.43. The fraction of sp³-hybridized carbons (Fsp3) is 0.387. The van der Waals surface area contributed by atoms with Crippen LogP contribution in [0.1, 0.15) is 41.0 Å². The van der Waals surface area contributed by atoms with Crippen LogP contribution in [-0.2, 0) is 21.4 Å². The summed E-state index contributed by atoms with van der Waals surface area (Å²) in [6.07, 6.45) is 1.23. The second-order valence-electron chi connectivity index (χ2n) is 11.0. The monoisotopic (exact) mass is 583 g/mol. The van der Waals surface area contributed by atoms with Crippen molar-refractivity contribution in [1.29, 1.82) is 0 Å². The zero-order valence-electron chi connectivity index (χ0n) is 23.4. The second-order valence-corrected chi connectivity index (χ2v) is 13.0. The number of benzene rings is 3. The zero-order chi connectivity index (χ0) is 29.4. The average Bonchev–Trinajstić information content (AvgIpc) is 3.49. The number of halogens is 1. The van der Waals surface area contributed by atoms with Crippen molar-refractivity contribution in [2.24, 2.45) is 0 Å². The van der Waals surface area contributed by atoms with E-state index < -0.39 is 21.7 Å². The molecule has 41 heavy (non-hydrogen) atoms. The van der Waals surface area contributed by atoms with Gasteiger partial charge in [0, 0.05) is 24.1 Å². The molecule has 2 aliphatic rings. The van der Waals surface area contributed by atoms with Crippen LogP contribution in [0, 0.1) is 13.8 Å². The number of fused-ring (bicyclic) bond motifs is 1. The van der Waals surface area contributed by atoms with E-state index in [0.29, 0.717) is 30.5 Å². The SMILES string of the molecule is Cc1cc(OCC2(F)CCN(S(C)(=O)=O)C2)cc(C)c1-c1cccc(COc2ccc3c(c2)OCC3CC(=O)O)c1. The van der Waals surface area contributed by atoms with E-state index in [-0.39, 0.29) is 38.5 Å². The van der Waals surface area contributed by atoms with Gasteiger partial charge in [0.15, 0.2) is 5.67 Å². The van der Waals surface area contributed by atoms with Crippen LogP contribution in [0.4, 0.5) is 4.39 Å². The van der Waals surface area contributed by atoms with Gasteiger partial charge in [-0.25, -0.2) is 12.8 Å². The highest BCUT2D eigenvalue weighted by atomic mass is 32.2. The van der Waals surface area contributed by atoms with Crippen LogP contribution < -0.4 is 14.2 Å². The lowest BCUT2D eigenvalue weighted by atomic mass is 9.94. The van der Waals surface area contributed by atoms with E-state index in [9.17, 15) is 13.2 Å². The summed E-state index contributed by atoms with van der Waals surface area (Å²) in [5.74, 6) is 0.853. The third-order valence-electron chi connectivity index (χ3n) is 7.65. The lowest BCUT2D eigenvalue weighted by molar-refractivity contribution is -0.137. The summed E-state index contributed by atoms with van der Waals surface area (Å²) >= 11 is 0. The van der Waals surface area contributed by atoms with E-state index in [1.54, 1.807) is 6.07 Å². The predicted octanol–water partition coefficient (Wildman–Crippen LogP) is 5.25. The number of aryl methyl sites for hydroxylation is 2. The van der Waals surface area contributed by atoms with Crippen molar-refractivity contribution in [2.75, 3.05) is 32.6 Å². The van der Waals surface area contributed by atoms with Crippen molar-refractivity contribution >= 4 is 16.0 Å². The Hall–Kier alpha value is -3.63. The van der Waals surface area contributed by atoms with Crippen molar-refractivity contribution in [3.63, 3.8) is 0 Å². The second kappa shape index (κ2) is 11.3. The Labute approximate surface area is 239 Å². The summed E-state index contributed by atoms with van der Waals surface area (Å²) in [5, 5.41) is 9.10. The summed E-state index contributed by atoms with van der Waals surface area (Å²) in [6.45, 7) is 4.40. The van der Waals surface area contributed by atoms with Gasteiger partial charge < -0.3 is 19.3 Å². The van der Waals surface area contributed by atoms with E-state index in [1.807, 2.05) is 56.3 Å². The molecule has 2 heterocycles. The minimum absolute atomic E-state index is 0.0344. The van der Waals surface area contributed by atoms with Gasteiger partial charge >= 0.3 is 5.97 Å². The van der Waals surface area contributed by atoms with E-state index in [4.69, 9.17) is 19.3 Å². The van der Waals surface area contributed by atoms with Gasteiger partial charge in [-0.2, -0.15) is 4.31 Å². The van der Waals surface area contributed by atoms with Gasteiger partial charge in [0.1, 0.15) is 30.5 Å². The lowest BCUT2D eigenvalue weighted by Crippen LogP contribution is -2.36. The molecule has 2 atom stereocenters. The third kappa shape index (κ3) is 6.65. The van der Waals surface area contributed by atoms with Crippen LogP contribution in [0.3, 0.4) is 0 Å². The van der Waals surface area contributed by atoms with Crippen LogP contribution in [0.2, 0.25) is 0 Å². The highest BCUT2D eigenvalue weighted by molar-refractivity contribution is 7.88. The van der Waals surface area contributed by atoms with Crippen molar-refractivity contribution in [1.82, 2.24) is 4.31 Å². The molecule has 2 aliphatic heterocycles. The first-order valence-corrected chi connectivity index (χ1v) is 15.3. The number of rotatable bonds is 10. The van der Waals surface area contributed by atoms with E-state index in [0.717, 1.165) is 43.9 Å². The van der Waals surface area contributed by atoms with Gasteiger partial charge in [0.2, 0.25) is 10.0 Å². The van der Waals surface area contributed by atoms with E-state index in [2.05, 4.69) is 6.07 Å². The number of carbonyl (C=O) groups is 1. The summed E-state index contributed by atoms with van der Waals surface area (Å²) < 4.78 is 57.4. The Balaban J connectivity index is 1.24. The van der Waals surface area contributed by atoms with Crippen LogP contribution in [0.15, 0.2) is 54.6 Å². The standard InChI is InChI=1S/C31H34FNO7S/c1-20-11-26(40-19-31(32)9-10-33(18-31)41(3,36)37)12-21(2)30(20)23-6-4-5-22(13-23)16-38-25-7-8-27-24(14-29(34)35)17-39-28(27)15-25/h4-8,11-13,15,24H,9-10,14,16-19H2,1-3H3,(H,34,35). The van der Waals surface area contributed by atoms with Crippen LogP contribution in [-0.4, -0.2) is 62.0 Å². The fourth-order valence-electron chi connectivity index (χ4n) is 5.59. The quantitative estimate of drug-likeness (QED) is 0.348. The Kier molecular flexibility index (Phi) is 7.98. The average molecular weight is 584 g/mol. The highest BCUT2D eigenvalue weighted by Crippen LogP contribution is 2.39. The fourth-order valence-corrected chi connectivity index (χ4v) is 6.47.